The minimum Gasteiger partial charge on any atom is -0.456 e. The van der Waals surface area contributed by atoms with E-state index >= 15 is 0 Å². The Bertz CT molecular complexity index is 3170. The number of rotatable bonds is 6. The molecule has 0 amide bonds. The summed E-state index contributed by atoms with van der Waals surface area (Å²) in [4.78, 5) is 15.6. The normalized spacial score (nSPS) is 11.4. The molecule has 15 heteroatoms. The van der Waals surface area contributed by atoms with Gasteiger partial charge in [-0.1, -0.05) is 153 Å². The van der Waals surface area contributed by atoms with Crippen molar-refractivity contribution in [1.29, 1.82) is 0 Å². The highest BCUT2D eigenvalue weighted by molar-refractivity contribution is 6.71. The molecule has 2 heterocycles. The van der Waals surface area contributed by atoms with Crippen molar-refractivity contribution >= 4 is 168 Å². The largest absolute Gasteiger partial charge is 0.456 e. The second-order valence-electron chi connectivity index (χ2n) is 16.7. The molecule has 9 rings (SSSR count). The molecule has 0 saturated heterocycles. The third-order valence-corrected chi connectivity index (χ3v) is 13.6. The SMILES string of the molecule is Bc1c(B)c(B)c(-c2c(B)c(B)c3oc4c(-c5nc(-c6ccccc6)nc(-c6ccc(-c7ccc(-c8ccccc8)cc7)cc6)n5)c(B)c(B)c(B)c4c3c2B)c(B)c1B. The maximum Gasteiger partial charge on any atom is 0.167 e. The van der Waals surface area contributed by atoms with Gasteiger partial charge in [0.2, 0.25) is 0 Å². The molecule has 274 valence electrons. The van der Waals surface area contributed by atoms with Crippen molar-refractivity contribution in [3.63, 3.8) is 0 Å². The average molecular weight is 758 g/mol. The average Bonchev–Trinajstić information content (AvgIpc) is 3.69. The van der Waals surface area contributed by atoms with Gasteiger partial charge in [-0.05, 0) is 33.4 Å². The van der Waals surface area contributed by atoms with Gasteiger partial charge >= 0.3 is 0 Å². The highest BCUT2D eigenvalue weighted by Crippen LogP contribution is 2.34. The molecule has 0 fully saturated rings. The Morgan fingerprint density at radius 3 is 1.12 bits per heavy atom. The van der Waals surface area contributed by atoms with Gasteiger partial charge in [-0.3, -0.25) is 0 Å². The third kappa shape index (κ3) is 6.36. The van der Waals surface area contributed by atoms with Gasteiger partial charge in [0, 0.05) is 21.9 Å². The summed E-state index contributed by atoms with van der Waals surface area (Å²) in [5, 5.41) is 2.30. The predicted molar refractivity (Wildman–Crippen MR) is 290 cm³/mol. The van der Waals surface area contributed by atoms with Crippen LogP contribution in [0, 0.1) is 0 Å². The molecule has 0 atom stereocenters. The topological polar surface area (TPSA) is 51.8 Å². The molecule has 0 aliphatic carbocycles. The Morgan fingerprint density at radius 1 is 0.267 bits per heavy atom. The first-order valence-electron chi connectivity index (χ1n) is 21.0. The fourth-order valence-electron chi connectivity index (χ4n) is 9.33. The van der Waals surface area contributed by atoms with E-state index in [1.807, 2.05) is 24.3 Å². The van der Waals surface area contributed by atoms with E-state index in [-0.39, 0.29) is 0 Å². The zero-order valence-corrected chi connectivity index (χ0v) is 36.6. The first kappa shape index (κ1) is 39.5. The molecular formula is C45H40B11N3O. The van der Waals surface area contributed by atoms with Gasteiger partial charge in [-0.25, -0.2) is 15.0 Å². The Hall–Kier alpha value is -5.94. The minimum absolute atomic E-state index is 0.604. The summed E-state index contributed by atoms with van der Waals surface area (Å²) in [6.07, 6.45) is 0. The summed E-state index contributed by atoms with van der Waals surface area (Å²) in [6, 6.07) is 38.0. The van der Waals surface area contributed by atoms with Crippen LogP contribution in [0.1, 0.15) is 0 Å². The molecule has 0 aliphatic heterocycles. The van der Waals surface area contributed by atoms with Crippen LogP contribution in [0.3, 0.4) is 0 Å². The summed E-state index contributed by atoms with van der Waals surface area (Å²) in [5.41, 5.74) is 25.8. The second-order valence-corrected chi connectivity index (χ2v) is 16.7. The molecule has 60 heavy (non-hydrogen) atoms. The summed E-state index contributed by atoms with van der Waals surface area (Å²) in [7, 11) is 24.7. The number of aromatic nitrogens is 3. The predicted octanol–water partition coefficient (Wildman–Crippen LogP) is -7.38. The van der Waals surface area contributed by atoms with Crippen molar-refractivity contribution in [3.8, 4) is 67.5 Å². The standard InChI is InChI=1S/C45H40B11N3O/c46-30-25(26-31(47)37(53)39(55)38(54)32(26)48)33(49)40(56)42-27(30)28-34(50)36(52)35(51)29(41(28)60-42)45-58-43(23-9-5-2-6-10-23)57-44(59-45)24-17-15-22(16-18-24)21-13-11-20(12-14-21)19-7-3-1-4-8-19/h1-18H,46-56H2. The number of hydrogen-bond acceptors (Lipinski definition) is 4. The van der Waals surface area contributed by atoms with E-state index in [9.17, 15) is 0 Å². The van der Waals surface area contributed by atoms with Gasteiger partial charge in [0.1, 0.15) is 97.5 Å². The van der Waals surface area contributed by atoms with E-state index in [0.717, 1.165) is 55.3 Å². The van der Waals surface area contributed by atoms with E-state index in [4.69, 9.17) is 19.4 Å². The van der Waals surface area contributed by atoms with Gasteiger partial charge in [0.05, 0.1) is 5.56 Å². The molecular weight excluding hydrogens is 717 g/mol. The molecule has 2 aromatic heterocycles. The highest BCUT2D eigenvalue weighted by atomic mass is 16.3. The van der Waals surface area contributed by atoms with Crippen LogP contribution in [0.15, 0.2) is 114 Å². The third-order valence-electron chi connectivity index (χ3n) is 13.6. The highest BCUT2D eigenvalue weighted by Gasteiger charge is 2.27. The van der Waals surface area contributed by atoms with Crippen LogP contribution in [0.2, 0.25) is 0 Å². The molecule has 0 saturated carbocycles. The lowest BCUT2D eigenvalue weighted by atomic mass is 9.57. The first-order chi connectivity index (χ1) is 28.8. The Kier molecular flexibility index (Phi) is 10.1. The summed E-state index contributed by atoms with van der Waals surface area (Å²) < 4.78 is 7.16. The first-order valence-corrected chi connectivity index (χ1v) is 21.0. The van der Waals surface area contributed by atoms with Crippen molar-refractivity contribution in [2.75, 3.05) is 0 Å². The number of hydrogen-bond donors (Lipinski definition) is 0. The summed E-state index contributed by atoms with van der Waals surface area (Å²) in [6.45, 7) is 0. The molecule has 0 aliphatic rings. The van der Waals surface area contributed by atoms with Gasteiger partial charge in [0.15, 0.2) is 17.5 Å². The number of fused-ring (bicyclic) bond motifs is 3. The van der Waals surface area contributed by atoms with E-state index in [1.165, 1.54) is 76.8 Å². The summed E-state index contributed by atoms with van der Waals surface area (Å²) in [5.74, 6) is 1.85. The molecule has 0 N–H and O–H groups in total. The maximum atomic E-state index is 7.16. The molecule has 4 nitrogen and oxygen atoms in total. The summed E-state index contributed by atoms with van der Waals surface area (Å²) >= 11 is 0. The maximum absolute atomic E-state index is 7.16. The quantitative estimate of drug-likeness (QED) is 0.159. The van der Waals surface area contributed by atoms with E-state index < -0.39 is 0 Å². The van der Waals surface area contributed by atoms with Crippen LogP contribution in [-0.4, -0.2) is 101 Å². The number of benzene rings is 7. The zero-order chi connectivity index (χ0) is 42.1. The van der Waals surface area contributed by atoms with Gasteiger partial charge in [0.25, 0.3) is 0 Å². The van der Waals surface area contributed by atoms with Crippen LogP contribution < -0.4 is 60.1 Å². The van der Waals surface area contributed by atoms with Crippen LogP contribution in [-0.2, 0) is 0 Å². The van der Waals surface area contributed by atoms with Gasteiger partial charge in [-0.15, -0.1) is 16.4 Å². The minimum atomic E-state index is 0.604. The zero-order valence-electron chi connectivity index (χ0n) is 36.6. The van der Waals surface area contributed by atoms with E-state index in [1.54, 1.807) is 0 Å². The van der Waals surface area contributed by atoms with E-state index in [0.29, 0.717) is 17.5 Å². The van der Waals surface area contributed by atoms with Crippen LogP contribution in [0.4, 0.5) is 0 Å². The van der Waals surface area contributed by atoms with Gasteiger partial charge in [-0.2, -0.15) is 0 Å². The molecule has 0 bridgehead atoms. The van der Waals surface area contributed by atoms with Gasteiger partial charge < -0.3 is 4.42 Å². The van der Waals surface area contributed by atoms with E-state index in [2.05, 4.69) is 171 Å². The van der Waals surface area contributed by atoms with Crippen molar-refractivity contribution < 1.29 is 4.42 Å². The Labute approximate surface area is 362 Å². The molecule has 0 spiro atoms. The van der Waals surface area contributed by atoms with Crippen LogP contribution in [0.25, 0.3) is 89.5 Å². The fraction of sp³-hybridized carbons (Fsp3) is 0. The van der Waals surface area contributed by atoms with Crippen LogP contribution >= 0.6 is 0 Å². The fourth-order valence-corrected chi connectivity index (χ4v) is 9.33. The lowest BCUT2D eigenvalue weighted by Crippen LogP contribution is -2.56. The Balaban J connectivity index is 1.24. The van der Waals surface area contributed by atoms with Crippen molar-refractivity contribution in [2.45, 2.75) is 0 Å². The number of furan rings is 1. The van der Waals surface area contributed by atoms with Crippen molar-refractivity contribution in [3.05, 3.63) is 109 Å². The monoisotopic (exact) mass is 759 g/mol. The molecule has 0 radical (unpaired) electrons. The molecule has 9 aromatic rings. The lowest BCUT2D eigenvalue weighted by Gasteiger charge is -2.25. The molecule has 7 aromatic carbocycles. The van der Waals surface area contributed by atoms with Crippen molar-refractivity contribution in [2.24, 2.45) is 0 Å². The Morgan fingerprint density at radius 2 is 0.600 bits per heavy atom. The van der Waals surface area contributed by atoms with Crippen molar-refractivity contribution in [1.82, 2.24) is 15.0 Å². The molecule has 0 unspecified atom stereocenters. The second kappa shape index (κ2) is 15.3. The smallest absolute Gasteiger partial charge is 0.167 e. The number of nitrogens with zero attached hydrogens (tertiary/aromatic N) is 3. The lowest BCUT2D eigenvalue weighted by molar-refractivity contribution is 0.673. The van der Waals surface area contributed by atoms with Crippen LogP contribution in [0.5, 0.6) is 0 Å².